The minimum absolute atomic E-state index is 0.154. The molecule has 2 rings (SSSR count). The van der Waals surface area contributed by atoms with Crippen LogP contribution in [0.1, 0.15) is 17.8 Å². The smallest absolute Gasteiger partial charge is 0.272 e. The van der Waals surface area contributed by atoms with E-state index in [9.17, 15) is 10.1 Å². The van der Waals surface area contributed by atoms with Gasteiger partial charge in [0.25, 0.3) is 5.69 Å². The number of hydrogen-bond acceptors (Lipinski definition) is 4. The summed E-state index contributed by atoms with van der Waals surface area (Å²) in [6.07, 6.45) is 5.38. The Morgan fingerprint density at radius 1 is 1.47 bits per heavy atom. The second-order valence-electron chi connectivity index (χ2n) is 4.32. The molecule has 6 heteroatoms. The van der Waals surface area contributed by atoms with E-state index in [-0.39, 0.29) is 10.6 Å². The van der Waals surface area contributed by atoms with E-state index < -0.39 is 0 Å². The van der Waals surface area contributed by atoms with Crippen LogP contribution in [0.4, 0.5) is 11.4 Å². The fraction of sp³-hybridized carbons (Fsp3) is 0.308. The van der Waals surface area contributed by atoms with E-state index in [4.69, 9.17) is 0 Å². The summed E-state index contributed by atoms with van der Waals surface area (Å²) in [4.78, 5) is 17.5. The first kappa shape index (κ1) is 13.1. The van der Waals surface area contributed by atoms with E-state index in [1.807, 2.05) is 6.20 Å². The van der Waals surface area contributed by atoms with E-state index in [1.165, 1.54) is 6.07 Å². The van der Waals surface area contributed by atoms with Crippen LogP contribution in [0.25, 0.3) is 0 Å². The van der Waals surface area contributed by atoms with Crippen molar-refractivity contribution < 1.29 is 4.92 Å². The van der Waals surface area contributed by atoms with Gasteiger partial charge in [0.1, 0.15) is 5.82 Å². The van der Waals surface area contributed by atoms with Gasteiger partial charge in [0.15, 0.2) is 0 Å². The maximum absolute atomic E-state index is 10.7. The van der Waals surface area contributed by atoms with Gasteiger partial charge in [-0.05, 0) is 25.5 Å². The third kappa shape index (κ3) is 3.54. The third-order valence-corrected chi connectivity index (χ3v) is 2.87. The van der Waals surface area contributed by atoms with E-state index in [0.29, 0.717) is 5.56 Å². The number of imidazole rings is 1. The van der Waals surface area contributed by atoms with Crippen molar-refractivity contribution in [2.45, 2.75) is 19.8 Å². The van der Waals surface area contributed by atoms with Gasteiger partial charge in [0, 0.05) is 42.7 Å². The fourth-order valence-electron chi connectivity index (χ4n) is 1.89. The maximum atomic E-state index is 10.7. The number of nitrogens with zero attached hydrogens (tertiary/aromatic N) is 2. The number of rotatable bonds is 6. The Morgan fingerprint density at radius 2 is 2.32 bits per heavy atom. The summed E-state index contributed by atoms with van der Waals surface area (Å²) in [6.45, 7) is 2.55. The average molecular weight is 260 g/mol. The van der Waals surface area contributed by atoms with Crippen molar-refractivity contribution in [1.29, 1.82) is 0 Å². The Balaban J connectivity index is 1.83. The number of nitro groups is 1. The predicted molar refractivity (Wildman–Crippen MR) is 73.2 cm³/mol. The molecule has 2 N–H and O–H groups in total. The highest BCUT2D eigenvalue weighted by Crippen LogP contribution is 2.21. The number of aromatic amines is 1. The van der Waals surface area contributed by atoms with Gasteiger partial charge in [0.05, 0.1) is 4.92 Å². The molecule has 0 spiro atoms. The van der Waals surface area contributed by atoms with Crippen LogP contribution in [0.3, 0.4) is 0 Å². The molecule has 0 bridgehead atoms. The first-order valence-electron chi connectivity index (χ1n) is 6.14. The molecule has 1 heterocycles. The predicted octanol–water partition coefficient (Wildman–Crippen LogP) is 2.67. The van der Waals surface area contributed by atoms with Gasteiger partial charge in [-0.15, -0.1) is 0 Å². The van der Waals surface area contributed by atoms with Crippen molar-refractivity contribution >= 4 is 11.4 Å². The minimum atomic E-state index is -0.365. The molecule has 6 nitrogen and oxygen atoms in total. The molecule has 0 unspecified atom stereocenters. The lowest BCUT2D eigenvalue weighted by molar-refractivity contribution is -0.385. The number of benzene rings is 1. The molecule has 0 aliphatic rings. The Morgan fingerprint density at radius 3 is 2.95 bits per heavy atom. The molecule has 100 valence electrons. The highest BCUT2D eigenvalue weighted by Gasteiger charge is 2.09. The molecule has 1 aromatic heterocycles. The largest absolute Gasteiger partial charge is 0.385 e. The van der Waals surface area contributed by atoms with Crippen LogP contribution in [0.2, 0.25) is 0 Å². The zero-order chi connectivity index (χ0) is 13.7. The van der Waals surface area contributed by atoms with E-state index in [0.717, 1.165) is 30.9 Å². The molecule has 0 aliphatic carbocycles. The van der Waals surface area contributed by atoms with Gasteiger partial charge in [0.2, 0.25) is 0 Å². The molecule has 0 fully saturated rings. The maximum Gasteiger partial charge on any atom is 0.272 e. The van der Waals surface area contributed by atoms with Crippen molar-refractivity contribution in [2.24, 2.45) is 0 Å². The number of nitrogens with one attached hydrogen (secondary N) is 2. The van der Waals surface area contributed by atoms with Crippen molar-refractivity contribution in [2.75, 3.05) is 11.9 Å². The van der Waals surface area contributed by atoms with Gasteiger partial charge in [-0.1, -0.05) is 0 Å². The molecule has 1 aromatic carbocycles. The standard InChI is InChI=1S/C13H16N4O2/c1-10-9-11(4-5-12(10)17(18)19)14-6-2-3-13-15-7-8-16-13/h4-5,7-9,14H,2-3,6H2,1H3,(H,15,16). The number of hydrogen-bond donors (Lipinski definition) is 2. The summed E-state index contributed by atoms with van der Waals surface area (Å²) in [6, 6.07) is 5.06. The molecule has 0 aliphatic heterocycles. The molecule has 0 atom stereocenters. The number of aryl methyl sites for hydroxylation is 2. The number of nitro benzene ring substituents is 1. The van der Waals surface area contributed by atoms with Crippen LogP contribution in [0.5, 0.6) is 0 Å². The number of aromatic nitrogens is 2. The summed E-state index contributed by atoms with van der Waals surface area (Å²) in [5.41, 5.74) is 1.73. The van der Waals surface area contributed by atoms with Gasteiger partial charge in [-0.3, -0.25) is 10.1 Å². The Labute approximate surface area is 111 Å². The first-order chi connectivity index (χ1) is 9.16. The molecular formula is C13H16N4O2. The number of H-pyrrole nitrogens is 1. The summed E-state index contributed by atoms with van der Waals surface area (Å²) in [5, 5.41) is 13.9. The third-order valence-electron chi connectivity index (χ3n) is 2.87. The van der Waals surface area contributed by atoms with Crippen molar-refractivity contribution in [3.05, 3.63) is 52.1 Å². The van der Waals surface area contributed by atoms with Gasteiger partial charge in [-0.25, -0.2) is 4.98 Å². The Kier molecular flexibility index (Phi) is 4.12. The monoisotopic (exact) mass is 260 g/mol. The second-order valence-corrected chi connectivity index (χ2v) is 4.32. The zero-order valence-corrected chi connectivity index (χ0v) is 10.7. The fourth-order valence-corrected chi connectivity index (χ4v) is 1.89. The number of anilines is 1. The van der Waals surface area contributed by atoms with Crippen LogP contribution < -0.4 is 5.32 Å². The second kappa shape index (κ2) is 5.99. The topological polar surface area (TPSA) is 83.8 Å². The van der Waals surface area contributed by atoms with Crippen LogP contribution in [-0.2, 0) is 6.42 Å². The van der Waals surface area contributed by atoms with Crippen LogP contribution in [0, 0.1) is 17.0 Å². The first-order valence-corrected chi connectivity index (χ1v) is 6.14. The van der Waals surface area contributed by atoms with Crippen molar-refractivity contribution in [3.8, 4) is 0 Å². The quantitative estimate of drug-likeness (QED) is 0.475. The van der Waals surface area contributed by atoms with Gasteiger partial charge < -0.3 is 10.3 Å². The van der Waals surface area contributed by atoms with Crippen molar-refractivity contribution in [1.82, 2.24) is 9.97 Å². The van der Waals surface area contributed by atoms with E-state index in [2.05, 4.69) is 15.3 Å². The van der Waals surface area contributed by atoms with Gasteiger partial charge >= 0.3 is 0 Å². The molecule has 0 amide bonds. The molecular weight excluding hydrogens is 244 g/mol. The molecule has 0 saturated carbocycles. The summed E-state index contributed by atoms with van der Waals surface area (Å²) in [5.74, 6) is 0.974. The van der Waals surface area contributed by atoms with Crippen LogP contribution in [0.15, 0.2) is 30.6 Å². The van der Waals surface area contributed by atoms with E-state index >= 15 is 0 Å². The summed E-state index contributed by atoms with van der Waals surface area (Å²) in [7, 11) is 0. The SMILES string of the molecule is Cc1cc(NCCCc2ncc[nH]2)ccc1[N+](=O)[O-]. The lowest BCUT2D eigenvalue weighted by Gasteiger charge is -2.06. The van der Waals surface area contributed by atoms with Crippen LogP contribution in [-0.4, -0.2) is 21.4 Å². The van der Waals surface area contributed by atoms with E-state index in [1.54, 1.807) is 25.3 Å². The lowest BCUT2D eigenvalue weighted by atomic mass is 10.2. The average Bonchev–Trinajstić information content (AvgIpc) is 2.87. The Hall–Kier alpha value is -2.37. The zero-order valence-electron chi connectivity index (χ0n) is 10.7. The highest BCUT2D eigenvalue weighted by atomic mass is 16.6. The lowest BCUT2D eigenvalue weighted by Crippen LogP contribution is -2.04. The van der Waals surface area contributed by atoms with Gasteiger partial charge in [-0.2, -0.15) is 0 Å². The molecule has 0 saturated heterocycles. The van der Waals surface area contributed by atoms with Crippen molar-refractivity contribution in [3.63, 3.8) is 0 Å². The normalized spacial score (nSPS) is 10.4. The Bertz CT molecular complexity index is 552. The molecule has 2 aromatic rings. The highest BCUT2D eigenvalue weighted by molar-refractivity contribution is 5.53. The molecule has 0 radical (unpaired) electrons. The summed E-state index contributed by atoms with van der Waals surface area (Å²) < 4.78 is 0. The summed E-state index contributed by atoms with van der Waals surface area (Å²) >= 11 is 0. The van der Waals surface area contributed by atoms with Crippen LogP contribution >= 0.6 is 0 Å². The molecule has 19 heavy (non-hydrogen) atoms. The minimum Gasteiger partial charge on any atom is -0.385 e.